The predicted octanol–water partition coefficient (Wildman–Crippen LogP) is 2.29. The summed E-state index contributed by atoms with van der Waals surface area (Å²) in [7, 11) is 0. The largest absolute Gasteiger partial charge is 0.466 e. The average molecular weight is 355 g/mol. The first-order valence-electron chi connectivity index (χ1n) is 8.51. The van der Waals surface area contributed by atoms with Crippen molar-refractivity contribution in [3.63, 3.8) is 0 Å². The maximum Gasteiger partial charge on any atom is 0.307 e. The summed E-state index contributed by atoms with van der Waals surface area (Å²) >= 11 is 0. The number of nitrogens with one attached hydrogen (secondary N) is 2. The molecule has 2 heterocycles. The van der Waals surface area contributed by atoms with Crippen molar-refractivity contribution in [1.29, 1.82) is 0 Å². The zero-order chi connectivity index (χ0) is 18.7. The lowest BCUT2D eigenvalue weighted by molar-refractivity contribution is -0.144. The van der Waals surface area contributed by atoms with E-state index in [9.17, 15) is 14.4 Å². The molecule has 0 radical (unpaired) electrons. The lowest BCUT2D eigenvalue weighted by atomic mass is 10.1. The fraction of sp³-hybridized carbons (Fsp3) is 0.316. The summed E-state index contributed by atoms with van der Waals surface area (Å²) in [5, 5.41) is 5.57. The highest BCUT2D eigenvalue weighted by Crippen LogP contribution is 2.25. The summed E-state index contributed by atoms with van der Waals surface area (Å²) < 4.78 is 6.72. The third-order valence-electron chi connectivity index (χ3n) is 4.22. The number of anilines is 1. The van der Waals surface area contributed by atoms with Crippen molar-refractivity contribution in [2.24, 2.45) is 0 Å². The van der Waals surface area contributed by atoms with Crippen LogP contribution in [0.4, 0.5) is 5.69 Å². The molecular weight excluding hydrogens is 334 g/mol. The van der Waals surface area contributed by atoms with Crippen molar-refractivity contribution < 1.29 is 19.1 Å². The molecule has 2 amide bonds. The molecule has 1 aliphatic rings. The normalized spacial score (nSPS) is 15.8. The van der Waals surface area contributed by atoms with Crippen LogP contribution in [0.15, 0.2) is 36.5 Å². The molecule has 1 atom stereocenters. The van der Waals surface area contributed by atoms with Crippen LogP contribution in [-0.4, -0.2) is 35.5 Å². The second kappa shape index (κ2) is 7.43. The van der Waals surface area contributed by atoms with Crippen molar-refractivity contribution in [2.45, 2.75) is 26.3 Å². The van der Waals surface area contributed by atoms with Gasteiger partial charge in [-0.05, 0) is 32.0 Å². The van der Waals surface area contributed by atoms with Gasteiger partial charge in [-0.1, -0.05) is 17.7 Å². The molecule has 0 saturated heterocycles. The number of esters is 1. The molecule has 7 heteroatoms. The Balaban J connectivity index is 1.79. The van der Waals surface area contributed by atoms with Crippen LogP contribution in [0.1, 0.15) is 45.8 Å². The molecule has 0 saturated carbocycles. The zero-order valence-electron chi connectivity index (χ0n) is 14.7. The van der Waals surface area contributed by atoms with E-state index in [4.69, 9.17) is 4.74 Å². The quantitative estimate of drug-likeness (QED) is 0.805. The maximum atomic E-state index is 12.4. The Kier molecular flexibility index (Phi) is 5.06. The monoisotopic (exact) mass is 355 g/mol. The molecule has 136 valence electrons. The first-order valence-corrected chi connectivity index (χ1v) is 8.51. The number of aryl methyl sites for hydroxylation is 1. The van der Waals surface area contributed by atoms with Crippen LogP contribution in [0, 0.1) is 6.92 Å². The van der Waals surface area contributed by atoms with Gasteiger partial charge in [0.2, 0.25) is 0 Å². The summed E-state index contributed by atoms with van der Waals surface area (Å²) in [6, 6.07) is 8.62. The van der Waals surface area contributed by atoms with E-state index >= 15 is 0 Å². The molecule has 26 heavy (non-hydrogen) atoms. The fourth-order valence-electron chi connectivity index (χ4n) is 3.00. The number of amides is 2. The molecule has 0 bridgehead atoms. The van der Waals surface area contributed by atoms with E-state index in [-0.39, 0.29) is 30.2 Å². The molecule has 0 spiro atoms. The summed E-state index contributed by atoms with van der Waals surface area (Å²) in [6.07, 6.45) is 1.84. The molecule has 1 aromatic carbocycles. The number of benzene rings is 1. The van der Waals surface area contributed by atoms with Crippen LogP contribution >= 0.6 is 0 Å². The zero-order valence-corrected chi connectivity index (χ0v) is 14.7. The van der Waals surface area contributed by atoms with Crippen LogP contribution in [0.2, 0.25) is 0 Å². The lowest BCUT2D eigenvalue weighted by Gasteiger charge is -2.25. The number of rotatable bonds is 5. The highest BCUT2D eigenvalue weighted by atomic mass is 16.5. The molecule has 1 aromatic heterocycles. The van der Waals surface area contributed by atoms with Crippen molar-refractivity contribution in [2.75, 3.05) is 18.5 Å². The van der Waals surface area contributed by atoms with Gasteiger partial charge in [0, 0.05) is 18.3 Å². The Hall–Kier alpha value is -3.09. The molecule has 2 aromatic rings. The summed E-state index contributed by atoms with van der Waals surface area (Å²) in [5.41, 5.74) is 2.45. The first-order chi connectivity index (χ1) is 12.5. The van der Waals surface area contributed by atoms with Crippen molar-refractivity contribution in [3.05, 3.63) is 53.3 Å². The standard InChI is InChI=1S/C19H21N3O4/c1-3-26-17(23)9-15-10-20-19(25)16-8-14(11-22(15)16)21-18(24)13-6-4-5-12(2)7-13/h4-8,11,15H,3,9-10H2,1-2H3,(H,20,25)(H,21,24). The second-order valence-corrected chi connectivity index (χ2v) is 6.22. The number of carbonyl (C=O) groups is 3. The number of hydrogen-bond donors (Lipinski definition) is 2. The number of nitrogens with zero attached hydrogens (tertiary/aromatic N) is 1. The third-order valence-corrected chi connectivity index (χ3v) is 4.22. The lowest BCUT2D eigenvalue weighted by Crippen LogP contribution is -2.39. The summed E-state index contributed by atoms with van der Waals surface area (Å²) in [6.45, 7) is 4.32. The van der Waals surface area contributed by atoms with Gasteiger partial charge in [-0.25, -0.2) is 0 Å². The molecule has 3 rings (SSSR count). The number of ether oxygens (including phenoxy) is 1. The highest BCUT2D eigenvalue weighted by Gasteiger charge is 2.28. The van der Waals surface area contributed by atoms with Crippen molar-refractivity contribution in [1.82, 2.24) is 9.88 Å². The minimum Gasteiger partial charge on any atom is -0.466 e. The van der Waals surface area contributed by atoms with E-state index in [2.05, 4.69) is 10.6 Å². The maximum absolute atomic E-state index is 12.4. The molecular formula is C19H21N3O4. The minimum atomic E-state index is -0.321. The van der Waals surface area contributed by atoms with Crippen LogP contribution in [0.3, 0.4) is 0 Å². The Bertz CT molecular complexity index is 856. The number of carbonyl (C=O) groups excluding carboxylic acids is 3. The average Bonchev–Trinajstić information content (AvgIpc) is 3.02. The van der Waals surface area contributed by atoms with Gasteiger partial charge >= 0.3 is 5.97 Å². The Labute approximate surface area is 151 Å². The van der Waals surface area contributed by atoms with E-state index in [0.717, 1.165) is 5.56 Å². The van der Waals surface area contributed by atoms with E-state index in [0.29, 0.717) is 30.1 Å². The third kappa shape index (κ3) is 3.77. The van der Waals surface area contributed by atoms with Crippen LogP contribution in [0.25, 0.3) is 0 Å². The number of aromatic nitrogens is 1. The molecule has 1 aliphatic heterocycles. The van der Waals surface area contributed by atoms with Crippen molar-refractivity contribution in [3.8, 4) is 0 Å². The predicted molar refractivity (Wildman–Crippen MR) is 96.2 cm³/mol. The Morgan fingerprint density at radius 3 is 2.88 bits per heavy atom. The summed E-state index contributed by atoms with van der Waals surface area (Å²) in [4.78, 5) is 36.3. The van der Waals surface area contributed by atoms with E-state index in [1.54, 1.807) is 35.9 Å². The van der Waals surface area contributed by atoms with E-state index in [1.807, 2.05) is 19.1 Å². The smallest absolute Gasteiger partial charge is 0.307 e. The second-order valence-electron chi connectivity index (χ2n) is 6.22. The topological polar surface area (TPSA) is 89.4 Å². The van der Waals surface area contributed by atoms with E-state index in [1.165, 1.54) is 0 Å². The van der Waals surface area contributed by atoms with Gasteiger partial charge < -0.3 is 19.9 Å². The molecule has 2 N–H and O–H groups in total. The Morgan fingerprint density at radius 1 is 1.35 bits per heavy atom. The van der Waals surface area contributed by atoms with Crippen LogP contribution < -0.4 is 10.6 Å². The number of fused-ring (bicyclic) bond motifs is 1. The molecule has 0 fully saturated rings. The SMILES string of the molecule is CCOC(=O)CC1CNC(=O)c2cc(NC(=O)c3cccc(C)c3)cn21. The first kappa shape index (κ1) is 17.7. The molecule has 7 nitrogen and oxygen atoms in total. The van der Waals surface area contributed by atoms with Crippen molar-refractivity contribution >= 4 is 23.5 Å². The highest BCUT2D eigenvalue weighted by molar-refractivity contribution is 6.05. The van der Waals surface area contributed by atoms with Crippen LogP contribution in [0.5, 0.6) is 0 Å². The van der Waals surface area contributed by atoms with Crippen LogP contribution in [-0.2, 0) is 9.53 Å². The van der Waals surface area contributed by atoms with E-state index < -0.39 is 0 Å². The van der Waals surface area contributed by atoms with Gasteiger partial charge in [-0.3, -0.25) is 14.4 Å². The number of hydrogen-bond acceptors (Lipinski definition) is 4. The van der Waals surface area contributed by atoms with Gasteiger partial charge in [0.05, 0.1) is 24.8 Å². The minimum absolute atomic E-state index is 0.154. The summed E-state index contributed by atoms with van der Waals surface area (Å²) in [5.74, 6) is -0.807. The van der Waals surface area contributed by atoms with Gasteiger partial charge in [0.15, 0.2) is 0 Å². The van der Waals surface area contributed by atoms with Gasteiger partial charge in [-0.15, -0.1) is 0 Å². The van der Waals surface area contributed by atoms with Gasteiger partial charge in [-0.2, -0.15) is 0 Å². The van der Waals surface area contributed by atoms with Gasteiger partial charge in [0.25, 0.3) is 11.8 Å². The van der Waals surface area contributed by atoms with Gasteiger partial charge in [0.1, 0.15) is 5.69 Å². The molecule has 0 aliphatic carbocycles. The Morgan fingerprint density at radius 2 is 2.15 bits per heavy atom. The molecule has 1 unspecified atom stereocenters. The fourth-order valence-corrected chi connectivity index (χ4v) is 3.00.